The van der Waals surface area contributed by atoms with Gasteiger partial charge in [0.05, 0.1) is 35.2 Å². The molecule has 1 amide bonds. The molecule has 0 unspecified atom stereocenters. The number of nitrogens with one attached hydrogen (secondary N) is 1. The lowest BCUT2D eigenvalue weighted by molar-refractivity contribution is -0.119. The van der Waals surface area contributed by atoms with Gasteiger partial charge in [0.25, 0.3) is 0 Å². The SMILES string of the molecule is CC(=O)NCc1cccc([C@H]2CCCN2Cc2cscn2)n1. The molecule has 22 heavy (non-hydrogen) atoms. The van der Waals surface area contributed by atoms with Gasteiger partial charge in [-0.05, 0) is 31.5 Å². The lowest BCUT2D eigenvalue weighted by Gasteiger charge is -2.23. The zero-order valence-electron chi connectivity index (χ0n) is 12.7. The van der Waals surface area contributed by atoms with Gasteiger partial charge in [0.1, 0.15) is 0 Å². The number of carbonyl (C=O) groups excluding carboxylic acids is 1. The van der Waals surface area contributed by atoms with E-state index in [2.05, 4.69) is 26.6 Å². The summed E-state index contributed by atoms with van der Waals surface area (Å²) in [5.74, 6) is -0.0294. The van der Waals surface area contributed by atoms with Crippen LogP contribution >= 0.6 is 11.3 Å². The Morgan fingerprint density at radius 3 is 3.14 bits per heavy atom. The lowest BCUT2D eigenvalue weighted by Crippen LogP contribution is -2.24. The summed E-state index contributed by atoms with van der Waals surface area (Å²) < 4.78 is 0. The molecule has 1 atom stereocenters. The quantitative estimate of drug-likeness (QED) is 0.921. The second kappa shape index (κ2) is 6.98. The Bertz CT molecular complexity index is 629. The maximum atomic E-state index is 11.0. The molecule has 0 saturated carbocycles. The fourth-order valence-electron chi connectivity index (χ4n) is 2.87. The van der Waals surface area contributed by atoms with Crippen molar-refractivity contribution in [1.82, 2.24) is 20.2 Å². The van der Waals surface area contributed by atoms with Crippen molar-refractivity contribution in [3.05, 3.63) is 46.2 Å². The van der Waals surface area contributed by atoms with Gasteiger partial charge in [-0.3, -0.25) is 14.7 Å². The molecule has 2 aromatic heterocycles. The van der Waals surface area contributed by atoms with E-state index in [9.17, 15) is 4.79 Å². The number of rotatable bonds is 5. The zero-order chi connectivity index (χ0) is 15.4. The molecule has 6 heteroatoms. The van der Waals surface area contributed by atoms with Crippen molar-refractivity contribution < 1.29 is 4.79 Å². The molecule has 0 aliphatic carbocycles. The van der Waals surface area contributed by atoms with Gasteiger partial charge in [0, 0.05) is 18.8 Å². The van der Waals surface area contributed by atoms with Gasteiger partial charge in [0.2, 0.25) is 5.91 Å². The summed E-state index contributed by atoms with van der Waals surface area (Å²) in [6, 6.07) is 6.42. The smallest absolute Gasteiger partial charge is 0.217 e. The van der Waals surface area contributed by atoms with Gasteiger partial charge in [-0.2, -0.15) is 0 Å². The summed E-state index contributed by atoms with van der Waals surface area (Å²) in [4.78, 5) is 22.6. The van der Waals surface area contributed by atoms with E-state index in [1.54, 1.807) is 11.3 Å². The van der Waals surface area contributed by atoms with Gasteiger partial charge in [-0.15, -0.1) is 11.3 Å². The number of aromatic nitrogens is 2. The van der Waals surface area contributed by atoms with E-state index in [0.29, 0.717) is 12.6 Å². The molecule has 1 saturated heterocycles. The van der Waals surface area contributed by atoms with Gasteiger partial charge >= 0.3 is 0 Å². The number of nitrogens with zero attached hydrogens (tertiary/aromatic N) is 3. The lowest BCUT2D eigenvalue weighted by atomic mass is 10.1. The highest BCUT2D eigenvalue weighted by Crippen LogP contribution is 2.32. The average Bonchev–Trinajstić information content (AvgIpc) is 3.18. The van der Waals surface area contributed by atoms with Crippen LogP contribution in [0.15, 0.2) is 29.1 Å². The first-order valence-corrected chi connectivity index (χ1v) is 8.48. The van der Waals surface area contributed by atoms with E-state index in [1.165, 1.54) is 13.3 Å². The van der Waals surface area contributed by atoms with Crippen molar-refractivity contribution in [3.8, 4) is 0 Å². The topological polar surface area (TPSA) is 58.1 Å². The molecule has 0 spiro atoms. The van der Waals surface area contributed by atoms with E-state index >= 15 is 0 Å². The van der Waals surface area contributed by atoms with Gasteiger partial charge in [-0.1, -0.05) is 6.07 Å². The normalized spacial score (nSPS) is 18.5. The van der Waals surface area contributed by atoms with Crippen LogP contribution in [0.2, 0.25) is 0 Å². The minimum absolute atomic E-state index is 0.0294. The number of carbonyl (C=O) groups is 1. The van der Waals surface area contributed by atoms with E-state index < -0.39 is 0 Å². The molecule has 0 bridgehead atoms. The molecule has 1 fully saturated rings. The van der Waals surface area contributed by atoms with Crippen LogP contribution in [0.25, 0.3) is 0 Å². The van der Waals surface area contributed by atoms with Crippen molar-refractivity contribution in [3.63, 3.8) is 0 Å². The summed E-state index contributed by atoms with van der Waals surface area (Å²) in [6.07, 6.45) is 2.31. The van der Waals surface area contributed by atoms with E-state index in [0.717, 1.165) is 36.6 Å². The molecule has 1 N–H and O–H groups in total. The van der Waals surface area contributed by atoms with Crippen LogP contribution in [0.5, 0.6) is 0 Å². The average molecular weight is 316 g/mol. The van der Waals surface area contributed by atoms with Crippen molar-refractivity contribution in [2.75, 3.05) is 6.54 Å². The van der Waals surface area contributed by atoms with E-state index in [1.807, 2.05) is 17.6 Å². The summed E-state index contributed by atoms with van der Waals surface area (Å²) in [5, 5.41) is 4.91. The molecule has 1 aliphatic rings. The van der Waals surface area contributed by atoms with Crippen LogP contribution in [0.4, 0.5) is 0 Å². The minimum Gasteiger partial charge on any atom is -0.351 e. The van der Waals surface area contributed by atoms with Crippen LogP contribution in [0.3, 0.4) is 0 Å². The highest BCUT2D eigenvalue weighted by molar-refractivity contribution is 7.07. The molecular weight excluding hydrogens is 296 g/mol. The third-order valence-electron chi connectivity index (χ3n) is 3.90. The summed E-state index contributed by atoms with van der Waals surface area (Å²) in [5.41, 5.74) is 5.02. The highest BCUT2D eigenvalue weighted by atomic mass is 32.1. The number of pyridine rings is 1. The first-order chi connectivity index (χ1) is 10.7. The largest absolute Gasteiger partial charge is 0.351 e. The van der Waals surface area contributed by atoms with Crippen LogP contribution in [0, 0.1) is 0 Å². The van der Waals surface area contributed by atoms with E-state index in [4.69, 9.17) is 4.98 Å². The monoisotopic (exact) mass is 316 g/mol. The Morgan fingerprint density at radius 2 is 2.36 bits per heavy atom. The zero-order valence-corrected chi connectivity index (χ0v) is 13.5. The Labute approximate surface area is 134 Å². The first kappa shape index (κ1) is 15.1. The number of hydrogen-bond donors (Lipinski definition) is 1. The Morgan fingerprint density at radius 1 is 1.45 bits per heavy atom. The first-order valence-electron chi connectivity index (χ1n) is 7.54. The van der Waals surface area contributed by atoms with Gasteiger partial charge < -0.3 is 5.32 Å². The van der Waals surface area contributed by atoms with Crippen LogP contribution in [0.1, 0.15) is 42.9 Å². The molecule has 5 nitrogen and oxygen atoms in total. The minimum atomic E-state index is -0.0294. The summed E-state index contributed by atoms with van der Waals surface area (Å²) in [7, 11) is 0. The fourth-order valence-corrected chi connectivity index (χ4v) is 3.42. The molecular formula is C16H20N4OS. The second-order valence-electron chi connectivity index (χ2n) is 5.57. The van der Waals surface area contributed by atoms with Gasteiger partial charge in [-0.25, -0.2) is 4.98 Å². The van der Waals surface area contributed by atoms with Gasteiger partial charge in [0.15, 0.2) is 0 Å². The highest BCUT2D eigenvalue weighted by Gasteiger charge is 2.27. The summed E-state index contributed by atoms with van der Waals surface area (Å²) >= 11 is 1.64. The van der Waals surface area contributed by atoms with Crippen LogP contribution in [-0.2, 0) is 17.9 Å². The molecule has 116 valence electrons. The van der Waals surface area contributed by atoms with E-state index in [-0.39, 0.29) is 5.91 Å². The molecule has 2 aromatic rings. The third kappa shape index (κ3) is 3.69. The Balaban J connectivity index is 1.71. The molecule has 1 aliphatic heterocycles. The maximum absolute atomic E-state index is 11.0. The number of likely N-dealkylation sites (tertiary alicyclic amines) is 1. The molecule has 3 heterocycles. The van der Waals surface area contributed by atoms with Crippen molar-refractivity contribution in [2.24, 2.45) is 0 Å². The van der Waals surface area contributed by atoms with Crippen LogP contribution < -0.4 is 5.32 Å². The molecule has 3 rings (SSSR count). The Kier molecular flexibility index (Phi) is 4.80. The standard InChI is InChI=1S/C16H20N4OS/c1-12(21)17-8-13-4-2-5-15(19-13)16-6-3-7-20(16)9-14-10-22-11-18-14/h2,4-5,10-11,16H,3,6-9H2,1H3,(H,17,21)/t16-/m1/s1. The van der Waals surface area contributed by atoms with Crippen molar-refractivity contribution >= 4 is 17.2 Å². The number of hydrogen-bond acceptors (Lipinski definition) is 5. The predicted molar refractivity (Wildman–Crippen MR) is 86.3 cm³/mol. The number of thiazole rings is 1. The Hall–Kier alpha value is -1.79. The maximum Gasteiger partial charge on any atom is 0.217 e. The summed E-state index contributed by atoms with van der Waals surface area (Å²) in [6.45, 7) is 3.98. The molecule has 0 aromatic carbocycles. The molecule has 0 radical (unpaired) electrons. The third-order valence-corrected chi connectivity index (χ3v) is 4.54. The fraction of sp³-hybridized carbons (Fsp3) is 0.438. The predicted octanol–water partition coefficient (Wildman–Crippen LogP) is 2.51. The van der Waals surface area contributed by atoms with Crippen molar-refractivity contribution in [2.45, 2.75) is 38.9 Å². The second-order valence-corrected chi connectivity index (χ2v) is 6.29. The van der Waals surface area contributed by atoms with Crippen LogP contribution in [-0.4, -0.2) is 27.3 Å². The van der Waals surface area contributed by atoms with Crippen molar-refractivity contribution in [1.29, 1.82) is 0 Å². The number of amides is 1.